The van der Waals surface area contributed by atoms with Crippen LogP contribution in [0, 0.1) is 5.82 Å². The molecule has 1 saturated heterocycles. The second-order valence-electron chi connectivity index (χ2n) is 7.67. The molecule has 1 amide bonds. The van der Waals surface area contributed by atoms with Crippen molar-refractivity contribution in [1.82, 2.24) is 19.2 Å². The lowest BCUT2D eigenvalue weighted by molar-refractivity contribution is 0.0703. The number of halogens is 2. The van der Waals surface area contributed by atoms with Crippen LogP contribution in [0.2, 0.25) is 5.02 Å². The SMILES string of the molecule is COCCn1nc(C2CCCN(C(=O)c3ccc(F)cc3Cl)C2)n(C2CC2)c1=O. The van der Waals surface area contributed by atoms with Crippen molar-refractivity contribution in [2.45, 2.75) is 44.2 Å². The second kappa shape index (κ2) is 8.28. The van der Waals surface area contributed by atoms with Crippen LogP contribution >= 0.6 is 11.6 Å². The first-order valence-corrected chi connectivity index (χ1v) is 10.3. The zero-order chi connectivity index (χ0) is 20.5. The fourth-order valence-electron chi connectivity index (χ4n) is 3.92. The van der Waals surface area contributed by atoms with Crippen molar-refractivity contribution in [3.8, 4) is 0 Å². The molecule has 156 valence electrons. The van der Waals surface area contributed by atoms with Crippen molar-refractivity contribution in [2.24, 2.45) is 0 Å². The lowest BCUT2D eigenvalue weighted by Gasteiger charge is -2.32. The second-order valence-corrected chi connectivity index (χ2v) is 8.08. The number of carbonyl (C=O) groups is 1. The first-order chi connectivity index (χ1) is 14.0. The van der Waals surface area contributed by atoms with Gasteiger partial charge in [0.15, 0.2) is 0 Å². The number of ether oxygens (including phenoxy) is 1. The lowest BCUT2D eigenvalue weighted by Crippen LogP contribution is -2.40. The van der Waals surface area contributed by atoms with E-state index in [1.165, 1.54) is 16.8 Å². The van der Waals surface area contributed by atoms with Gasteiger partial charge in [-0.2, -0.15) is 5.10 Å². The van der Waals surface area contributed by atoms with Crippen LogP contribution in [0.15, 0.2) is 23.0 Å². The third-order valence-electron chi connectivity index (χ3n) is 5.55. The van der Waals surface area contributed by atoms with Gasteiger partial charge in [-0.3, -0.25) is 9.36 Å². The van der Waals surface area contributed by atoms with E-state index in [0.29, 0.717) is 31.8 Å². The van der Waals surface area contributed by atoms with E-state index in [1.54, 1.807) is 16.6 Å². The molecule has 0 N–H and O–H groups in total. The molecule has 2 heterocycles. The summed E-state index contributed by atoms with van der Waals surface area (Å²) in [4.78, 5) is 27.5. The standard InChI is InChI=1S/C20H24ClFN4O3/c1-29-10-9-25-20(28)26(15-5-6-15)18(23-25)13-3-2-8-24(12-13)19(27)16-7-4-14(22)11-17(16)21/h4,7,11,13,15H,2-3,5-6,8-10,12H2,1H3. The van der Waals surface area contributed by atoms with Crippen LogP contribution in [-0.4, -0.2) is 52.0 Å². The molecular formula is C20H24ClFN4O3. The third-order valence-corrected chi connectivity index (χ3v) is 5.86. The average Bonchev–Trinajstić information content (AvgIpc) is 3.49. The number of likely N-dealkylation sites (tertiary alicyclic amines) is 1. The number of nitrogens with zero attached hydrogens (tertiary/aromatic N) is 4. The summed E-state index contributed by atoms with van der Waals surface area (Å²) in [5, 5.41) is 4.71. The number of aromatic nitrogens is 3. The minimum absolute atomic E-state index is 0.0241. The molecule has 1 aromatic carbocycles. The predicted octanol–water partition coefficient (Wildman–Crippen LogP) is 2.84. The Balaban J connectivity index is 1.58. The van der Waals surface area contributed by atoms with Crippen LogP contribution < -0.4 is 5.69 Å². The summed E-state index contributed by atoms with van der Waals surface area (Å²) < 4.78 is 21.7. The highest BCUT2D eigenvalue weighted by Crippen LogP contribution is 2.37. The van der Waals surface area contributed by atoms with Crippen molar-refractivity contribution in [3.05, 3.63) is 50.9 Å². The fourth-order valence-corrected chi connectivity index (χ4v) is 4.17. The Bertz CT molecular complexity index is 969. The summed E-state index contributed by atoms with van der Waals surface area (Å²) in [6.45, 7) is 1.88. The molecule has 0 radical (unpaired) electrons. The Morgan fingerprint density at radius 3 is 2.83 bits per heavy atom. The van der Waals surface area contributed by atoms with E-state index in [0.717, 1.165) is 37.6 Å². The molecule has 0 bridgehead atoms. The maximum atomic E-state index is 13.3. The van der Waals surface area contributed by atoms with E-state index in [1.807, 2.05) is 0 Å². The molecule has 0 spiro atoms. The maximum Gasteiger partial charge on any atom is 0.346 e. The van der Waals surface area contributed by atoms with Crippen molar-refractivity contribution >= 4 is 17.5 Å². The smallest absolute Gasteiger partial charge is 0.346 e. The molecule has 1 saturated carbocycles. The van der Waals surface area contributed by atoms with E-state index >= 15 is 0 Å². The van der Waals surface area contributed by atoms with E-state index in [9.17, 15) is 14.0 Å². The summed E-state index contributed by atoms with van der Waals surface area (Å²) in [6.07, 6.45) is 3.61. The van der Waals surface area contributed by atoms with E-state index in [4.69, 9.17) is 16.3 Å². The number of piperidine rings is 1. The summed E-state index contributed by atoms with van der Waals surface area (Å²) in [5.74, 6) is 0.0253. The van der Waals surface area contributed by atoms with Crippen LogP contribution in [0.25, 0.3) is 0 Å². The third kappa shape index (κ3) is 4.09. The molecule has 2 aromatic rings. The van der Waals surface area contributed by atoms with Gasteiger partial charge >= 0.3 is 5.69 Å². The summed E-state index contributed by atoms with van der Waals surface area (Å²) in [6, 6.07) is 4.01. The van der Waals surface area contributed by atoms with Crippen LogP contribution in [0.4, 0.5) is 4.39 Å². The molecule has 2 fully saturated rings. The largest absolute Gasteiger partial charge is 0.383 e. The lowest BCUT2D eigenvalue weighted by atomic mass is 9.96. The normalized spacial score (nSPS) is 19.6. The molecule has 1 aliphatic carbocycles. The molecule has 9 heteroatoms. The Morgan fingerprint density at radius 1 is 1.34 bits per heavy atom. The number of hydrogen-bond donors (Lipinski definition) is 0. The van der Waals surface area contributed by atoms with E-state index in [2.05, 4.69) is 5.10 Å². The van der Waals surface area contributed by atoms with Crippen LogP contribution in [-0.2, 0) is 11.3 Å². The van der Waals surface area contributed by atoms with Crippen molar-refractivity contribution in [3.63, 3.8) is 0 Å². The van der Waals surface area contributed by atoms with Gasteiger partial charge in [-0.15, -0.1) is 0 Å². The predicted molar refractivity (Wildman–Crippen MR) is 106 cm³/mol. The van der Waals surface area contributed by atoms with Gasteiger partial charge in [0.1, 0.15) is 11.6 Å². The number of hydrogen-bond acceptors (Lipinski definition) is 4. The van der Waals surface area contributed by atoms with Gasteiger partial charge in [-0.1, -0.05) is 11.6 Å². The Kier molecular flexibility index (Phi) is 5.74. The van der Waals surface area contributed by atoms with Crippen LogP contribution in [0.1, 0.15) is 53.8 Å². The fraction of sp³-hybridized carbons (Fsp3) is 0.550. The Morgan fingerprint density at radius 2 is 2.14 bits per heavy atom. The topological polar surface area (TPSA) is 69.4 Å². The highest BCUT2D eigenvalue weighted by Gasteiger charge is 2.35. The molecule has 29 heavy (non-hydrogen) atoms. The number of rotatable bonds is 6. The molecular weight excluding hydrogens is 399 g/mol. The number of benzene rings is 1. The number of carbonyl (C=O) groups excluding carboxylic acids is 1. The first kappa shape index (κ1) is 20.1. The zero-order valence-electron chi connectivity index (χ0n) is 16.3. The molecule has 7 nitrogen and oxygen atoms in total. The van der Waals surface area contributed by atoms with Gasteiger partial charge in [0.25, 0.3) is 5.91 Å². The maximum absolute atomic E-state index is 13.3. The highest BCUT2D eigenvalue weighted by atomic mass is 35.5. The van der Waals surface area contributed by atoms with Crippen molar-refractivity contribution < 1.29 is 13.9 Å². The minimum Gasteiger partial charge on any atom is -0.383 e. The van der Waals surface area contributed by atoms with Crippen LogP contribution in [0.3, 0.4) is 0 Å². The summed E-state index contributed by atoms with van der Waals surface area (Å²) in [5.41, 5.74) is 0.184. The molecule has 1 aliphatic heterocycles. The minimum atomic E-state index is -0.474. The van der Waals surface area contributed by atoms with Crippen molar-refractivity contribution in [1.29, 1.82) is 0 Å². The van der Waals surface area contributed by atoms with E-state index in [-0.39, 0.29) is 28.6 Å². The average molecular weight is 423 g/mol. The zero-order valence-corrected chi connectivity index (χ0v) is 17.1. The van der Waals surface area contributed by atoms with Gasteiger partial charge in [-0.25, -0.2) is 13.9 Å². The highest BCUT2D eigenvalue weighted by molar-refractivity contribution is 6.33. The quantitative estimate of drug-likeness (QED) is 0.717. The van der Waals surface area contributed by atoms with Crippen LogP contribution in [0.5, 0.6) is 0 Å². The molecule has 1 aromatic heterocycles. The Labute approximate surface area is 173 Å². The first-order valence-electron chi connectivity index (χ1n) is 9.92. The molecule has 1 atom stereocenters. The van der Waals surface area contributed by atoms with Gasteiger partial charge in [0.05, 0.1) is 23.7 Å². The summed E-state index contributed by atoms with van der Waals surface area (Å²) >= 11 is 6.08. The van der Waals surface area contributed by atoms with Gasteiger partial charge in [0.2, 0.25) is 0 Å². The Hall–Kier alpha value is -2.19. The van der Waals surface area contributed by atoms with Gasteiger partial charge in [-0.05, 0) is 43.9 Å². The van der Waals surface area contributed by atoms with E-state index < -0.39 is 5.82 Å². The summed E-state index contributed by atoms with van der Waals surface area (Å²) in [7, 11) is 1.59. The van der Waals surface area contributed by atoms with Gasteiger partial charge < -0.3 is 9.64 Å². The van der Waals surface area contributed by atoms with Gasteiger partial charge in [0, 0.05) is 32.2 Å². The number of amides is 1. The molecule has 1 unspecified atom stereocenters. The number of methoxy groups -OCH3 is 1. The van der Waals surface area contributed by atoms with Crippen molar-refractivity contribution in [2.75, 3.05) is 26.8 Å². The molecule has 4 rings (SSSR count). The molecule has 2 aliphatic rings. The monoisotopic (exact) mass is 422 g/mol.